The van der Waals surface area contributed by atoms with Crippen LogP contribution in [0.1, 0.15) is 46.7 Å². The van der Waals surface area contributed by atoms with Crippen molar-refractivity contribution in [1.82, 2.24) is 0 Å². The van der Waals surface area contributed by atoms with E-state index in [-0.39, 0.29) is 5.78 Å². The third kappa shape index (κ3) is 2.89. The third-order valence-corrected chi connectivity index (χ3v) is 4.77. The van der Waals surface area contributed by atoms with Crippen LogP contribution in [-0.4, -0.2) is 5.78 Å². The lowest BCUT2D eigenvalue weighted by Crippen LogP contribution is -2.10. The summed E-state index contributed by atoms with van der Waals surface area (Å²) in [6, 6.07) is 13.7. The molecule has 0 aromatic heterocycles. The van der Waals surface area contributed by atoms with Crippen LogP contribution in [-0.2, 0) is 0 Å². The molecule has 1 saturated carbocycles. The lowest BCUT2D eigenvalue weighted by atomic mass is 9.79. The molecule has 2 aromatic carbocycles. The van der Waals surface area contributed by atoms with Gasteiger partial charge in [0.1, 0.15) is 0 Å². The van der Waals surface area contributed by atoms with Gasteiger partial charge in [-0.1, -0.05) is 56.5 Å². The monoisotopic (exact) mass is 392 g/mol. The van der Waals surface area contributed by atoms with E-state index in [0.717, 1.165) is 14.5 Å². The maximum Gasteiger partial charge on any atom is 0.193 e. The molecule has 0 amide bonds. The van der Waals surface area contributed by atoms with Crippen molar-refractivity contribution >= 4 is 37.6 Å². The molecule has 0 bridgehead atoms. The molecule has 0 heterocycles. The highest BCUT2D eigenvalue weighted by Crippen LogP contribution is 2.36. The zero-order valence-corrected chi connectivity index (χ0v) is 14.1. The largest absolute Gasteiger partial charge is 0.289 e. The molecule has 0 atom stereocenters. The minimum atomic E-state index is 0.0770. The highest BCUT2D eigenvalue weighted by molar-refractivity contribution is 9.11. The van der Waals surface area contributed by atoms with Crippen LogP contribution in [0.4, 0.5) is 0 Å². The standard InChI is InChI=1S/C17H14Br2O/c18-15-8-14(9-16(19)10-15)17(20)13-6-2-5-12(7-13)11-3-1-4-11/h2,5-11H,1,3-4H2. The quantitative estimate of drug-likeness (QED) is 0.610. The highest BCUT2D eigenvalue weighted by Gasteiger charge is 2.20. The Balaban J connectivity index is 1.93. The first-order valence-electron chi connectivity index (χ1n) is 6.74. The average molecular weight is 394 g/mol. The molecule has 3 heteroatoms. The molecule has 1 aliphatic rings. The summed E-state index contributed by atoms with van der Waals surface area (Å²) in [6.45, 7) is 0. The first kappa shape index (κ1) is 14.0. The second kappa shape index (κ2) is 5.82. The summed E-state index contributed by atoms with van der Waals surface area (Å²) in [5, 5.41) is 0. The van der Waals surface area contributed by atoms with E-state index in [1.807, 2.05) is 30.3 Å². The predicted octanol–water partition coefficient (Wildman–Crippen LogP) is 5.71. The van der Waals surface area contributed by atoms with Gasteiger partial charge in [0.25, 0.3) is 0 Å². The first-order valence-corrected chi connectivity index (χ1v) is 8.33. The van der Waals surface area contributed by atoms with Gasteiger partial charge in [-0.25, -0.2) is 0 Å². The molecule has 1 fully saturated rings. The van der Waals surface area contributed by atoms with Crippen molar-refractivity contribution in [2.45, 2.75) is 25.2 Å². The smallest absolute Gasteiger partial charge is 0.193 e. The van der Waals surface area contributed by atoms with Gasteiger partial charge >= 0.3 is 0 Å². The van der Waals surface area contributed by atoms with E-state index >= 15 is 0 Å². The summed E-state index contributed by atoms with van der Waals surface area (Å²) in [5.41, 5.74) is 2.78. The summed E-state index contributed by atoms with van der Waals surface area (Å²) in [4.78, 5) is 12.6. The zero-order chi connectivity index (χ0) is 14.1. The number of rotatable bonds is 3. The summed E-state index contributed by atoms with van der Waals surface area (Å²) in [6.07, 6.45) is 3.81. The summed E-state index contributed by atoms with van der Waals surface area (Å²) >= 11 is 6.86. The molecule has 0 aliphatic heterocycles. The van der Waals surface area contributed by atoms with E-state index < -0.39 is 0 Å². The second-order valence-corrected chi connectivity index (χ2v) is 7.07. The molecule has 0 radical (unpaired) electrons. The predicted molar refractivity (Wildman–Crippen MR) is 88.3 cm³/mol. The molecule has 1 nitrogen and oxygen atoms in total. The first-order chi connectivity index (χ1) is 9.63. The summed E-state index contributed by atoms with van der Waals surface area (Å²) in [5.74, 6) is 0.727. The maximum absolute atomic E-state index is 12.6. The SMILES string of the molecule is O=C(c1cc(Br)cc(Br)c1)c1cccc(C2CCC2)c1. The average Bonchev–Trinajstić information content (AvgIpc) is 2.35. The normalized spacial score (nSPS) is 14.9. The van der Waals surface area contributed by atoms with E-state index in [9.17, 15) is 4.79 Å². The van der Waals surface area contributed by atoms with Crippen LogP contribution in [0.5, 0.6) is 0 Å². The fourth-order valence-corrected chi connectivity index (χ4v) is 3.82. The Kier molecular flexibility index (Phi) is 4.08. The number of hydrogen-bond donors (Lipinski definition) is 0. The number of carbonyl (C=O) groups is 1. The lowest BCUT2D eigenvalue weighted by Gasteiger charge is -2.26. The molecule has 0 N–H and O–H groups in total. The zero-order valence-electron chi connectivity index (χ0n) is 10.9. The van der Waals surface area contributed by atoms with Gasteiger partial charge in [0, 0.05) is 20.1 Å². The molecule has 0 spiro atoms. The fourth-order valence-electron chi connectivity index (χ4n) is 2.53. The Bertz CT molecular complexity index is 640. The van der Waals surface area contributed by atoms with E-state index in [1.54, 1.807) is 0 Å². The van der Waals surface area contributed by atoms with Gasteiger partial charge in [0.15, 0.2) is 5.78 Å². The number of hydrogen-bond acceptors (Lipinski definition) is 1. The van der Waals surface area contributed by atoms with Crippen molar-refractivity contribution in [1.29, 1.82) is 0 Å². The Morgan fingerprint density at radius 2 is 1.65 bits per heavy atom. The number of ketones is 1. The maximum atomic E-state index is 12.6. The molecular weight excluding hydrogens is 380 g/mol. The Labute approximate surface area is 135 Å². The van der Waals surface area contributed by atoms with Gasteiger partial charge in [0.05, 0.1) is 0 Å². The molecule has 0 unspecified atom stereocenters. The number of benzene rings is 2. The minimum Gasteiger partial charge on any atom is -0.289 e. The summed E-state index contributed by atoms with van der Waals surface area (Å²) < 4.78 is 1.82. The van der Waals surface area contributed by atoms with Gasteiger partial charge in [0.2, 0.25) is 0 Å². The van der Waals surface area contributed by atoms with Crippen LogP contribution in [0.15, 0.2) is 51.4 Å². The van der Waals surface area contributed by atoms with E-state index in [2.05, 4.69) is 44.0 Å². The number of carbonyl (C=O) groups excluding carboxylic acids is 1. The van der Waals surface area contributed by atoms with E-state index in [4.69, 9.17) is 0 Å². The van der Waals surface area contributed by atoms with Crippen molar-refractivity contribution in [2.75, 3.05) is 0 Å². The van der Waals surface area contributed by atoms with Crippen molar-refractivity contribution in [3.8, 4) is 0 Å². The topological polar surface area (TPSA) is 17.1 Å². The van der Waals surface area contributed by atoms with Crippen LogP contribution in [0.2, 0.25) is 0 Å². The highest BCUT2D eigenvalue weighted by atomic mass is 79.9. The second-order valence-electron chi connectivity index (χ2n) is 5.24. The van der Waals surface area contributed by atoms with Crippen LogP contribution < -0.4 is 0 Å². The third-order valence-electron chi connectivity index (χ3n) is 3.85. The lowest BCUT2D eigenvalue weighted by molar-refractivity contribution is 0.103. The molecule has 2 aromatic rings. The van der Waals surface area contributed by atoms with Crippen LogP contribution in [0.25, 0.3) is 0 Å². The molecule has 0 saturated heterocycles. The van der Waals surface area contributed by atoms with Gasteiger partial charge in [-0.2, -0.15) is 0 Å². The van der Waals surface area contributed by atoms with Crippen LogP contribution in [0, 0.1) is 0 Å². The van der Waals surface area contributed by atoms with Gasteiger partial charge in [-0.05, 0) is 48.6 Å². The molecule has 102 valence electrons. The van der Waals surface area contributed by atoms with Crippen molar-refractivity contribution in [3.63, 3.8) is 0 Å². The molecule has 1 aliphatic carbocycles. The van der Waals surface area contributed by atoms with Crippen molar-refractivity contribution < 1.29 is 4.79 Å². The molecule has 20 heavy (non-hydrogen) atoms. The summed E-state index contributed by atoms with van der Waals surface area (Å²) in [7, 11) is 0. The van der Waals surface area contributed by atoms with Crippen molar-refractivity contribution in [3.05, 3.63) is 68.1 Å². The van der Waals surface area contributed by atoms with Gasteiger partial charge in [-0.15, -0.1) is 0 Å². The van der Waals surface area contributed by atoms with E-state index in [0.29, 0.717) is 11.5 Å². The van der Waals surface area contributed by atoms with Crippen molar-refractivity contribution in [2.24, 2.45) is 0 Å². The fraction of sp³-hybridized carbons (Fsp3) is 0.235. The molecule has 3 rings (SSSR count). The van der Waals surface area contributed by atoms with E-state index in [1.165, 1.54) is 24.8 Å². The Hall–Kier alpha value is -0.930. The van der Waals surface area contributed by atoms with Crippen LogP contribution in [0.3, 0.4) is 0 Å². The minimum absolute atomic E-state index is 0.0770. The Morgan fingerprint density at radius 3 is 2.25 bits per heavy atom. The molecular formula is C17H14Br2O. The van der Waals surface area contributed by atoms with Crippen LogP contribution >= 0.6 is 31.9 Å². The number of halogens is 2. The van der Waals surface area contributed by atoms with Gasteiger partial charge < -0.3 is 0 Å². The Morgan fingerprint density at radius 1 is 0.950 bits per heavy atom. The van der Waals surface area contributed by atoms with Gasteiger partial charge in [-0.3, -0.25) is 4.79 Å².